The average molecular weight is 544 g/mol. The van der Waals surface area contributed by atoms with Crippen molar-refractivity contribution in [2.45, 2.75) is 19.1 Å². The molecule has 0 saturated carbocycles. The molecule has 134 valence electrons. The number of nitrogens with zero attached hydrogens (tertiary/aromatic N) is 2. The van der Waals surface area contributed by atoms with Crippen LogP contribution in [0.25, 0.3) is 11.5 Å². The lowest BCUT2D eigenvalue weighted by molar-refractivity contribution is -0.113. The minimum absolute atomic E-state index is 0.106. The molecular weight excluding hydrogens is 529 g/mol. The van der Waals surface area contributed by atoms with Gasteiger partial charge in [0.05, 0.1) is 5.75 Å². The zero-order valence-corrected chi connectivity index (χ0v) is 18.6. The van der Waals surface area contributed by atoms with Crippen molar-refractivity contribution in [1.82, 2.24) is 10.2 Å². The summed E-state index contributed by atoms with van der Waals surface area (Å²) in [4.78, 5) is 12.3. The SMILES string of the molecule is Cc1cc(I)cc(C)c1NC(=O)CSc1nnc(-c2ccc(Br)cc2)o1. The molecule has 0 spiro atoms. The van der Waals surface area contributed by atoms with Crippen LogP contribution in [-0.4, -0.2) is 21.9 Å². The molecule has 3 aromatic rings. The van der Waals surface area contributed by atoms with Gasteiger partial charge in [0.2, 0.25) is 11.8 Å². The number of hydrogen-bond donors (Lipinski definition) is 1. The van der Waals surface area contributed by atoms with E-state index in [1.165, 1.54) is 11.8 Å². The quantitative estimate of drug-likeness (QED) is 0.342. The Kier molecular flexibility index (Phi) is 6.36. The van der Waals surface area contributed by atoms with Gasteiger partial charge in [-0.2, -0.15) is 0 Å². The van der Waals surface area contributed by atoms with Crippen molar-refractivity contribution in [3.05, 3.63) is 55.6 Å². The van der Waals surface area contributed by atoms with E-state index >= 15 is 0 Å². The summed E-state index contributed by atoms with van der Waals surface area (Å²) >= 11 is 6.88. The molecule has 26 heavy (non-hydrogen) atoms. The Morgan fingerprint density at radius 2 is 1.85 bits per heavy atom. The number of nitrogens with one attached hydrogen (secondary N) is 1. The number of rotatable bonds is 5. The predicted octanol–water partition coefficient (Wildman–Crippen LogP) is 5.45. The van der Waals surface area contributed by atoms with E-state index in [1.807, 2.05) is 50.2 Å². The van der Waals surface area contributed by atoms with Crippen LogP contribution in [0.15, 0.2) is 50.5 Å². The summed E-state index contributed by atoms with van der Waals surface area (Å²) in [5.41, 5.74) is 3.78. The molecule has 0 aliphatic rings. The summed E-state index contributed by atoms with van der Waals surface area (Å²) in [6.45, 7) is 3.97. The van der Waals surface area contributed by atoms with E-state index in [1.54, 1.807) is 0 Å². The lowest BCUT2D eigenvalue weighted by atomic mass is 10.1. The molecule has 1 heterocycles. The van der Waals surface area contributed by atoms with Gasteiger partial charge in [0.25, 0.3) is 5.22 Å². The summed E-state index contributed by atoms with van der Waals surface area (Å²) in [5, 5.41) is 11.4. The third-order valence-electron chi connectivity index (χ3n) is 3.59. The molecule has 3 rings (SSSR count). The minimum atomic E-state index is -0.106. The lowest BCUT2D eigenvalue weighted by Crippen LogP contribution is -2.16. The van der Waals surface area contributed by atoms with Gasteiger partial charge in [-0.25, -0.2) is 0 Å². The van der Waals surface area contributed by atoms with Crippen LogP contribution in [0.3, 0.4) is 0 Å². The third kappa shape index (κ3) is 4.86. The molecule has 8 heteroatoms. The van der Waals surface area contributed by atoms with Crippen LogP contribution in [-0.2, 0) is 4.79 Å². The Labute approximate surface area is 177 Å². The number of anilines is 1. The van der Waals surface area contributed by atoms with Crippen LogP contribution in [0, 0.1) is 17.4 Å². The minimum Gasteiger partial charge on any atom is -0.411 e. The smallest absolute Gasteiger partial charge is 0.277 e. The highest BCUT2D eigenvalue weighted by atomic mass is 127. The second-order valence-corrected chi connectivity index (χ2v) is 8.72. The van der Waals surface area contributed by atoms with Crippen LogP contribution in [0.1, 0.15) is 11.1 Å². The van der Waals surface area contributed by atoms with E-state index in [4.69, 9.17) is 4.42 Å². The van der Waals surface area contributed by atoms with Crippen LogP contribution in [0.2, 0.25) is 0 Å². The highest BCUT2D eigenvalue weighted by molar-refractivity contribution is 14.1. The van der Waals surface area contributed by atoms with Crippen LogP contribution in [0.4, 0.5) is 5.69 Å². The maximum Gasteiger partial charge on any atom is 0.277 e. The number of thioether (sulfide) groups is 1. The van der Waals surface area contributed by atoms with Crippen molar-refractivity contribution in [3.63, 3.8) is 0 Å². The highest BCUT2D eigenvalue weighted by Gasteiger charge is 2.13. The van der Waals surface area contributed by atoms with Gasteiger partial charge in [0.1, 0.15) is 0 Å². The standard InChI is InChI=1S/C18H15BrIN3O2S/c1-10-7-14(20)8-11(2)16(10)21-15(24)9-26-18-23-22-17(25-18)12-3-5-13(19)6-4-12/h3-8H,9H2,1-2H3,(H,21,24). The van der Waals surface area contributed by atoms with Crippen molar-refractivity contribution in [3.8, 4) is 11.5 Å². The monoisotopic (exact) mass is 543 g/mol. The Bertz CT molecular complexity index is 921. The molecule has 2 aromatic carbocycles. The van der Waals surface area contributed by atoms with Crippen LogP contribution < -0.4 is 5.32 Å². The number of benzene rings is 2. The van der Waals surface area contributed by atoms with Crippen molar-refractivity contribution < 1.29 is 9.21 Å². The molecule has 0 fully saturated rings. The first-order valence-corrected chi connectivity index (χ1v) is 10.6. The fourth-order valence-corrected chi connectivity index (χ4v) is 4.15. The fourth-order valence-electron chi connectivity index (χ4n) is 2.39. The van der Waals surface area contributed by atoms with Crippen molar-refractivity contribution >= 4 is 61.9 Å². The zero-order valence-electron chi connectivity index (χ0n) is 14.0. The second kappa shape index (κ2) is 8.53. The summed E-state index contributed by atoms with van der Waals surface area (Å²) in [6.07, 6.45) is 0. The van der Waals surface area contributed by atoms with Gasteiger partial charge >= 0.3 is 0 Å². The van der Waals surface area contributed by atoms with Gasteiger partial charge in [-0.05, 0) is 84.0 Å². The maximum atomic E-state index is 12.3. The number of carbonyl (C=O) groups excluding carboxylic acids is 1. The molecule has 0 bridgehead atoms. The van der Waals surface area contributed by atoms with E-state index < -0.39 is 0 Å². The largest absolute Gasteiger partial charge is 0.411 e. The maximum absolute atomic E-state index is 12.3. The summed E-state index contributed by atoms with van der Waals surface area (Å²) in [7, 11) is 0. The van der Waals surface area contributed by atoms with Crippen molar-refractivity contribution in [2.75, 3.05) is 11.1 Å². The summed E-state index contributed by atoms with van der Waals surface area (Å²) < 4.78 is 7.75. The molecule has 0 aliphatic carbocycles. The molecule has 0 atom stereocenters. The molecule has 0 aliphatic heterocycles. The number of amides is 1. The van der Waals surface area contributed by atoms with E-state index in [-0.39, 0.29) is 11.7 Å². The van der Waals surface area contributed by atoms with Crippen LogP contribution >= 0.6 is 50.3 Å². The number of aryl methyl sites for hydroxylation is 2. The Balaban J connectivity index is 1.61. The summed E-state index contributed by atoms with van der Waals surface area (Å²) in [6, 6.07) is 11.7. The third-order valence-corrected chi connectivity index (χ3v) is 5.56. The molecule has 0 radical (unpaired) electrons. The lowest BCUT2D eigenvalue weighted by Gasteiger charge is -2.11. The Morgan fingerprint density at radius 1 is 1.19 bits per heavy atom. The molecule has 1 N–H and O–H groups in total. The Morgan fingerprint density at radius 3 is 2.50 bits per heavy atom. The van der Waals surface area contributed by atoms with Gasteiger partial charge in [-0.3, -0.25) is 4.79 Å². The van der Waals surface area contributed by atoms with Crippen LogP contribution in [0.5, 0.6) is 0 Å². The molecule has 1 aromatic heterocycles. The normalized spacial score (nSPS) is 10.8. The van der Waals surface area contributed by atoms with Gasteiger partial charge in [-0.1, -0.05) is 27.7 Å². The highest BCUT2D eigenvalue weighted by Crippen LogP contribution is 2.26. The van der Waals surface area contributed by atoms with Crippen molar-refractivity contribution in [2.24, 2.45) is 0 Å². The number of carbonyl (C=O) groups is 1. The van der Waals surface area contributed by atoms with E-state index in [2.05, 4.69) is 54.0 Å². The van der Waals surface area contributed by atoms with Gasteiger partial charge in [-0.15, -0.1) is 10.2 Å². The first-order valence-electron chi connectivity index (χ1n) is 7.71. The molecule has 0 unspecified atom stereocenters. The van der Waals surface area contributed by atoms with Crippen molar-refractivity contribution in [1.29, 1.82) is 0 Å². The molecular formula is C18H15BrIN3O2S. The first-order chi connectivity index (χ1) is 12.4. The topological polar surface area (TPSA) is 68.0 Å². The number of hydrogen-bond acceptors (Lipinski definition) is 5. The average Bonchev–Trinajstić information content (AvgIpc) is 3.06. The Hall–Kier alpha value is -1.39. The molecule has 1 amide bonds. The van der Waals surface area contributed by atoms with Gasteiger partial charge in [0.15, 0.2) is 0 Å². The molecule has 0 saturated heterocycles. The van der Waals surface area contributed by atoms with E-state index in [0.29, 0.717) is 11.1 Å². The van der Waals surface area contributed by atoms with Gasteiger partial charge < -0.3 is 9.73 Å². The van der Waals surface area contributed by atoms with E-state index in [0.717, 1.165) is 30.4 Å². The predicted molar refractivity (Wildman–Crippen MR) is 115 cm³/mol. The van der Waals surface area contributed by atoms with Gasteiger partial charge in [0, 0.05) is 19.3 Å². The fraction of sp³-hybridized carbons (Fsp3) is 0.167. The number of halogens is 2. The summed E-state index contributed by atoms with van der Waals surface area (Å²) in [5.74, 6) is 0.530. The van der Waals surface area contributed by atoms with E-state index in [9.17, 15) is 4.79 Å². The zero-order chi connectivity index (χ0) is 18.7. The number of aromatic nitrogens is 2. The second-order valence-electron chi connectivity index (χ2n) is 5.63. The first kappa shape index (κ1) is 19.4. The molecule has 5 nitrogen and oxygen atoms in total.